The molecule has 0 fully saturated rings. The van der Waals surface area contributed by atoms with E-state index in [1.54, 1.807) is 0 Å². The minimum Gasteiger partial charge on any atom is -0.481 e. The maximum Gasteiger partial charge on any atom is 0.303 e. The number of amides is 2. The average molecular weight is 959 g/mol. The van der Waals surface area contributed by atoms with E-state index in [0.717, 1.165) is 33.4 Å². The summed E-state index contributed by atoms with van der Waals surface area (Å²) in [5.74, 6) is -1.61. The lowest BCUT2D eigenvalue weighted by atomic mass is 9.92. The van der Waals surface area contributed by atoms with Crippen molar-refractivity contribution in [1.82, 2.24) is 20.6 Å². The molecule has 18 heteroatoms. The van der Waals surface area contributed by atoms with E-state index in [-0.39, 0.29) is 63.9 Å². The van der Waals surface area contributed by atoms with Gasteiger partial charge in [-0.15, -0.1) is 0 Å². The summed E-state index contributed by atoms with van der Waals surface area (Å²) in [6, 6.07) is 15.6. The van der Waals surface area contributed by atoms with Crippen molar-refractivity contribution < 1.29 is 48.3 Å². The van der Waals surface area contributed by atoms with Gasteiger partial charge >= 0.3 is 11.9 Å². The van der Waals surface area contributed by atoms with Gasteiger partial charge in [0.25, 0.3) is 0 Å². The second-order valence-electron chi connectivity index (χ2n) is 13.7. The van der Waals surface area contributed by atoms with Crippen LogP contribution >= 0.6 is 31.9 Å². The molecule has 0 aliphatic heterocycles. The van der Waals surface area contributed by atoms with Crippen LogP contribution in [-0.4, -0.2) is 70.2 Å². The first-order chi connectivity index (χ1) is 28.7. The minimum absolute atomic E-state index is 0.00703. The van der Waals surface area contributed by atoms with Gasteiger partial charge in [-0.25, -0.2) is 0 Å². The number of carboxylic acid groups (broad SMARTS) is 2. The standard InChI is InChI=1S/C42H50Br2N6O10/c1-25-27(23-59-41-33(43)19-29(21-47-15-5-11-37(53)54)39(49-41)57-17-13-35(45)51)7-3-9-31(25)32-10-4-8-28(26(32)2)24-60-42-34(44)20-30(22-48-16-6-12-38(55)56)40(50-42)58-18-14-36(46)52/h3-4,7-10,19-20,47-48H,5-6,11-18,21-24H2,1-2H3,(H2,45,51)(H2,46,52)(H,53,54)(H,55,56). The lowest BCUT2D eigenvalue weighted by Crippen LogP contribution is -2.18. The summed E-state index contributed by atoms with van der Waals surface area (Å²) in [5, 5.41) is 24.3. The number of benzene rings is 2. The molecule has 0 saturated heterocycles. The Morgan fingerprint density at radius 2 is 1.00 bits per heavy atom. The molecule has 0 bridgehead atoms. The van der Waals surface area contributed by atoms with Crippen molar-refractivity contribution in [2.24, 2.45) is 11.5 Å². The molecule has 0 unspecified atom stereocenters. The van der Waals surface area contributed by atoms with Crippen molar-refractivity contribution in [2.75, 3.05) is 26.3 Å². The zero-order valence-corrected chi connectivity index (χ0v) is 36.7. The average Bonchev–Trinajstić information content (AvgIpc) is 3.18. The third-order valence-corrected chi connectivity index (χ3v) is 10.3. The van der Waals surface area contributed by atoms with Gasteiger partial charge in [0.1, 0.15) is 13.2 Å². The van der Waals surface area contributed by atoms with Crippen LogP contribution in [0.15, 0.2) is 57.5 Å². The molecule has 0 radical (unpaired) electrons. The van der Waals surface area contributed by atoms with E-state index in [1.165, 1.54) is 0 Å². The number of aliphatic carboxylic acids is 2. The predicted molar refractivity (Wildman–Crippen MR) is 230 cm³/mol. The number of carbonyl (C=O) groups excluding carboxylic acids is 2. The number of nitrogens with two attached hydrogens (primary N) is 2. The number of nitrogens with zero attached hydrogens (tertiary/aromatic N) is 2. The molecule has 0 spiro atoms. The second kappa shape index (κ2) is 24.1. The van der Waals surface area contributed by atoms with Gasteiger partial charge in [-0.1, -0.05) is 36.4 Å². The maximum atomic E-state index is 11.4. The fourth-order valence-corrected chi connectivity index (χ4v) is 6.88. The normalized spacial score (nSPS) is 10.9. The van der Waals surface area contributed by atoms with E-state index in [4.69, 9.17) is 40.6 Å². The van der Waals surface area contributed by atoms with E-state index in [9.17, 15) is 19.2 Å². The quantitative estimate of drug-likeness (QED) is 0.0384. The number of carboxylic acids is 2. The van der Waals surface area contributed by atoms with Gasteiger partial charge in [0, 0.05) is 37.1 Å². The summed E-state index contributed by atoms with van der Waals surface area (Å²) in [4.78, 5) is 53.7. The van der Waals surface area contributed by atoms with E-state index >= 15 is 0 Å². The Morgan fingerprint density at radius 3 is 1.37 bits per heavy atom. The van der Waals surface area contributed by atoms with Crippen LogP contribution in [0.5, 0.6) is 23.5 Å². The Bertz CT molecular complexity index is 1990. The monoisotopic (exact) mass is 956 g/mol. The maximum absolute atomic E-state index is 11.4. The SMILES string of the molecule is Cc1c(COc2nc(OCCC(N)=O)c(CNCCCC(=O)O)cc2Br)cccc1-c1cccc(COc2nc(OCCC(N)=O)c(CNCCCC(=O)O)cc2Br)c1C. The second-order valence-corrected chi connectivity index (χ2v) is 15.4. The molecular formula is C42H50Br2N6O10. The largest absolute Gasteiger partial charge is 0.481 e. The van der Waals surface area contributed by atoms with Crippen LogP contribution in [0.1, 0.15) is 71.9 Å². The Labute approximate surface area is 365 Å². The van der Waals surface area contributed by atoms with Gasteiger partial charge in [-0.3, -0.25) is 19.2 Å². The van der Waals surface area contributed by atoms with Crippen molar-refractivity contribution in [1.29, 1.82) is 0 Å². The first kappa shape index (κ1) is 47.4. The lowest BCUT2D eigenvalue weighted by molar-refractivity contribution is -0.138. The molecule has 8 N–H and O–H groups in total. The molecule has 0 aliphatic carbocycles. The van der Waals surface area contributed by atoms with Crippen LogP contribution < -0.4 is 41.0 Å². The fourth-order valence-electron chi connectivity index (χ4n) is 5.92. The first-order valence-electron chi connectivity index (χ1n) is 19.2. The molecule has 322 valence electrons. The highest BCUT2D eigenvalue weighted by Gasteiger charge is 2.18. The fraction of sp³-hybridized carbons (Fsp3) is 0.381. The Kier molecular flexibility index (Phi) is 19.0. The zero-order chi connectivity index (χ0) is 43.6. The third-order valence-electron chi connectivity index (χ3n) is 9.17. The molecule has 2 aromatic heterocycles. The van der Waals surface area contributed by atoms with Gasteiger partial charge in [0.2, 0.25) is 35.3 Å². The smallest absolute Gasteiger partial charge is 0.303 e. The van der Waals surface area contributed by atoms with Crippen molar-refractivity contribution in [3.05, 3.63) is 90.9 Å². The number of pyridine rings is 2. The van der Waals surface area contributed by atoms with Crippen LogP contribution in [0, 0.1) is 13.8 Å². The molecule has 16 nitrogen and oxygen atoms in total. The number of aromatic nitrogens is 2. The molecule has 0 atom stereocenters. The molecular weight excluding hydrogens is 908 g/mol. The summed E-state index contributed by atoms with van der Waals surface area (Å²) in [5.41, 5.74) is 17.9. The van der Waals surface area contributed by atoms with E-state index < -0.39 is 23.8 Å². The lowest BCUT2D eigenvalue weighted by Gasteiger charge is -2.18. The molecule has 0 aliphatic rings. The predicted octanol–water partition coefficient (Wildman–Crippen LogP) is 5.86. The van der Waals surface area contributed by atoms with Gasteiger partial charge in [0.15, 0.2) is 0 Å². The third kappa shape index (κ3) is 15.1. The highest BCUT2D eigenvalue weighted by Crippen LogP contribution is 2.35. The van der Waals surface area contributed by atoms with Crippen LogP contribution in [0.25, 0.3) is 11.1 Å². The zero-order valence-electron chi connectivity index (χ0n) is 33.5. The summed E-state index contributed by atoms with van der Waals surface area (Å²) in [6.07, 6.45) is 1.03. The van der Waals surface area contributed by atoms with Gasteiger partial charge in [-0.2, -0.15) is 9.97 Å². The van der Waals surface area contributed by atoms with Crippen LogP contribution in [0.3, 0.4) is 0 Å². The van der Waals surface area contributed by atoms with E-state index in [1.807, 2.05) is 62.4 Å². The number of hydrogen-bond acceptors (Lipinski definition) is 12. The van der Waals surface area contributed by atoms with Crippen molar-refractivity contribution >= 4 is 55.6 Å². The van der Waals surface area contributed by atoms with Gasteiger partial charge < -0.3 is 51.3 Å². The summed E-state index contributed by atoms with van der Waals surface area (Å²) >= 11 is 7.14. The van der Waals surface area contributed by atoms with E-state index in [2.05, 4.69) is 52.5 Å². The summed E-state index contributed by atoms with van der Waals surface area (Å²) in [7, 11) is 0. The number of ether oxygens (including phenoxy) is 4. The molecule has 60 heavy (non-hydrogen) atoms. The van der Waals surface area contributed by atoms with Gasteiger partial charge in [0.05, 0.1) is 35.0 Å². The molecule has 0 saturated carbocycles. The molecule has 2 heterocycles. The van der Waals surface area contributed by atoms with Crippen molar-refractivity contribution in [3.8, 4) is 34.6 Å². The number of hydrogen-bond donors (Lipinski definition) is 6. The number of nitrogens with one attached hydrogen (secondary N) is 2. The van der Waals surface area contributed by atoms with Gasteiger partial charge in [-0.05, 0) is 117 Å². The molecule has 4 rings (SSSR count). The Balaban J connectivity index is 1.49. The number of halogens is 2. The highest BCUT2D eigenvalue weighted by molar-refractivity contribution is 9.10. The first-order valence-corrected chi connectivity index (χ1v) is 20.8. The van der Waals surface area contributed by atoms with Crippen molar-refractivity contribution in [3.63, 3.8) is 0 Å². The minimum atomic E-state index is -0.862. The van der Waals surface area contributed by atoms with E-state index in [0.29, 0.717) is 70.9 Å². The molecule has 2 aromatic carbocycles. The van der Waals surface area contributed by atoms with Crippen molar-refractivity contribution in [2.45, 2.75) is 78.7 Å². The molecule has 4 aromatic rings. The van der Waals surface area contributed by atoms with Crippen LogP contribution in [-0.2, 0) is 45.5 Å². The Hall–Kier alpha value is -5.30. The molecule has 2 amide bonds. The topological polar surface area (TPSA) is 248 Å². The number of rotatable bonds is 27. The number of primary amides is 2. The summed E-state index contributed by atoms with van der Waals surface area (Å²) < 4.78 is 25.3. The number of carbonyl (C=O) groups is 4. The Morgan fingerprint density at radius 1 is 0.600 bits per heavy atom. The van der Waals surface area contributed by atoms with Crippen LogP contribution in [0.2, 0.25) is 0 Å². The van der Waals surface area contributed by atoms with Crippen LogP contribution in [0.4, 0.5) is 0 Å². The summed E-state index contributed by atoms with van der Waals surface area (Å²) in [6.45, 7) is 6.17. The highest BCUT2D eigenvalue weighted by atomic mass is 79.9.